The molecule has 2 aromatic carbocycles. The van der Waals surface area contributed by atoms with Crippen LogP contribution in [-0.2, 0) is 13.2 Å². The molecule has 0 aromatic heterocycles. The van der Waals surface area contributed by atoms with Gasteiger partial charge in [0.15, 0.2) is 0 Å². The van der Waals surface area contributed by atoms with Crippen LogP contribution in [0.5, 0.6) is 5.75 Å². The second-order valence-corrected chi connectivity index (χ2v) is 6.57. The maximum atomic E-state index is 13.6. The van der Waals surface area contributed by atoms with Gasteiger partial charge in [0.25, 0.3) is 0 Å². The summed E-state index contributed by atoms with van der Waals surface area (Å²) in [5, 5.41) is 3.40. The van der Waals surface area contributed by atoms with Crippen LogP contribution >= 0.6 is 28.3 Å². The van der Waals surface area contributed by atoms with E-state index in [1.54, 1.807) is 12.1 Å². The van der Waals surface area contributed by atoms with Gasteiger partial charge in [-0.1, -0.05) is 48.0 Å². The van der Waals surface area contributed by atoms with Gasteiger partial charge in [-0.15, -0.1) is 12.4 Å². The minimum Gasteiger partial charge on any atom is -0.488 e. The Labute approximate surface area is 152 Å². The molecule has 0 atom stereocenters. The van der Waals surface area contributed by atoms with Gasteiger partial charge in [-0.3, -0.25) is 0 Å². The zero-order chi connectivity index (χ0) is 15.9. The number of halogens is 3. The Morgan fingerprint density at radius 1 is 1.13 bits per heavy atom. The molecule has 0 amide bonds. The lowest BCUT2D eigenvalue weighted by atomic mass is 10.1. The van der Waals surface area contributed by atoms with Crippen molar-refractivity contribution in [3.05, 3.63) is 63.9 Å². The van der Waals surface area contributed by atoms with E-state index in [-0.39, 0.29) is 24.8 Å². The number of hydrogen-bond donors (Lipinski definition) is 1. The van der Waals surface area contributed by atoms with Gasteiger partial charge < -0.3 is 10.1 Å². The van der Waals surface area contributed by atoms with Crippen LogP contribution in [0.3, 0.4) is 0 Å². The predicted molar refractivity (Wildman–Crippen MR) is 98.7 cm³/mol. The molecule has 0 heterocycles. The minimum atomic E-state index is -0.237. The van der Waals surface area contributed by atoms with Crippen LogP contribution in [0, 0.1) is 11.7 Å². The molecule has 23 heavy (non-hydrogen) atoms. The first-order chi connectivity index (χ1) is 10.6. The SMILES string of the molecule is CC(C)CNCc1cc(Br)ccc1OCc1ccccc1F.Cl. The van der Waals surface area contributed by atoms with Gasteiger partial charge in [-0.25, -0.2) is 4.39 Å². The Bertz CT molecular complexity index is 622. The van der Waals surface area contributed by atoms with Crippen LogP contribution in [0.2, 0.25) is 0 Å². The fourth-order valence-electron chi connectivity index (χ4n) is 2.09. The molecular weight excluding hydrogens is 381 g/mol. The van der Waals surface area contributed by atoms with Crippen molar-refractivity contribution >= 4 is 28.3 Å². The lowest BCUT2D eigenvalue weighted by molar-refractivity contribution is 0.295. The predicted octanol–water partition coefficient (Wildman–Crippen LogP) is 5.33. The highest BCUT2D eigenvalue weighted by atomic mass is 79.9. The standard InChI is InChI=1S/C18H21BrFNO.ClH/c1-13(2)10-21-11-15-9-16(19)7-8-18(15)22-12-14-5-3-4-6-17(14)20;/h3-9,13,21H,10-12H2,1-2H3;1H. The Kier molecular flexibility index (Phi) is 8.59. The van der Waals surface area contributed by atoms with Gasteiger partial charge in [-0.05, 0) is 36.7 Å². The molecule has 0 radical (unpaired) electrons. The van der Waals surface area contributed by atoms with E-state index in [0.717, 1.165) is 28.9 Å². The largest absolute Gasteiger partial charge is 0.488 e. The molecule has 0 saturated carbocycles. The first kappa shape index (κ1) is 19.9. The lowest BCUT2D eigenvalue weighted by Gasteiger charge is -2.14. The topological polar surface area (TPSA) is 21.3 Å². The Hall–Kier alpha value is -1.10. The molecule has 126 valence electrons. The van der Waals surface area contributed by atoms with Crippen LogP contribution in [-0.4, -0.2) is 6.54 Å². The monoisotopic (exact) mass is 401 g/mol. The van der Waals surface area contributed by atoms with Crippen LogP contribution < -0.4 is 10.1 Å². The van der Waals surface area contributed by atoms with E-state index in [4.69, 9.17) is 4.74 Å². The molecule has 1 N–H and O–H groups in total. The van der Waals surface area contributed by atoms with Gasteiger partial charge in [0, 0.05) is 22.1 Å². The van der Waals surface area contributed by atoms with Crippen molar-refractivity contribution in [3.8, 4) is 5.75 Å². The summed E-state index contributed by atoms with van der Waals surface area (Å²) in [6.07, 6.45) is 0. The van der Waals surface area contributed by atoms with E-state index in [0.29, 0.717) is 11.5 Å². The van der Waals surface area contributed by atoms with Gasteiger partial charge in [0.2, 0.25) is 0 Å². The van der Waals surface area contributed by atoms with Crippen LogP contribution in [0.1, 0.15) is 25.0 Å². The van der Waals surface area contributed by atoms with Crippen molar-refractivity contribution in [1.82, 2.24) is 5.32 Å². The summed E-state index contributed by atoms with van der Waals surface area (Å²) < 4.78 is 20.5. The number of benzene rings is 2. The third-order valence-electron chi connectivity index (χ3n) is 3.23. The smallest absolute Gasteiger partial charge is 0.129 e. The molecule has 0 aliphatic rings. The lowest BCUT2D eigenvalue weighted by Crippen LogP contribution is -2.19. The van der Waals surface area contributed by atoms with Crippen LogP contribution in [0.15, 0.2) is 46.9 Å². The highest BCUT2D eigenvalue weighted by Gasteiger charge is 2.07. The minimum absolute atomic E-state index is 0. The molecule has 0 unspecified atom stereocenters. The average Bonchev–Trinajstić information content (AvgIpc) is 2.47. The van der Waals surface area contributed by atoms with Gasteiger partial charge in [0.1, 0.15) is 18.2 Å². The molecule has 0 spiro atoms. The molecular formula is C18H22BrClFNO. The van der Waals surface area contributed by atoms with Crippen molar-refractivity contribution < 1.29 is 9.13 Å². The van der Waals surface area contributed by atoms with Gasteiger partial charge in [0.05, 0.1) is 0 Å². The molecule has 5 heteroatoms. The maximum Gasteiger partial charge on any atom is 0.129 e. The van der Waals surface area contributed by atoms with E-state index >= 15 is 0 Å². The van der Waals surface area contributed by atoms with E-state index in [9.17, 15) is 4.39 Å². The summed E-state index contributed by atoms with van der Waals surface area (Å²) in [6.45, 7) is 6.24. The van der Waals surface area contributed by atoms with Crippen molar-refractivity contribution in [2.24, 2.45) is 5.92 Å². The Morgan fingerprint density at radius 3 is 2.57 bits per heavy atom. The van der Waals surface area contributed by atoms with Crippen molar-refractivity contribution in [3.63, 3.8) is 0 Å². The summed E-state index contributed by atoms with van der Waals surface area (Å²) in [4.78, 5) is 0. The molecule has 0 aliphatic carbocycles. The van der Waals surface area contributed by atoms with E-state index < -0.39 is 0 Å². The van der Waals surface area contributed by atoms with Crippen LogP contribution in [0.25, 0.3) is 0 Å². The maximum absolute atomic E-state index is 13.6. The third-order valence-corrected chi connectivity index (χ3v) is 3.72. The van der Waals surface area contributed by atoms with Crippen molar-refractivity contribution in [2.45, 2.75) is 27.0 Å². The zero-order valence-corrected chi connectivity index (χ0v) is 15.7. The third kappa shape index (κ3) is 6.50. The quantitative estimate of drug-likeness (QED) is 0.675. The van der Waals surface area contributed by atoms with Crippen molar-refractivity contribution in [2.75, 3.05) is 6.54 Å². The summed E-state index contributed by atoms with van der Waals surface area (Å²) in [5.74, 6) is 1.14. The fourth-order valence-corrected chi connectivity index (χ4v) is 2.50. The fraction of sp³-hybridized carbons (Fsp3) is 0.333. The normalized spacial score (nSPS) is 10.5. The van der Waals surface area contributed by atoms with Gasteiger partial charge >= 0.3 is 0 Å². The zero-order valence-electron chi connectivity index (χ0n) is 13.3. The van der Waals surface area contributed by atoms with Crippen LogP contribution in [0.4, 0.5) is 4.39 Å². The van der Waals surface area contributed by atoms with E-state index in [1.165, 1.54) is 6.07 Å². The average molecular weight is 403 g/mol. The highest BCUT2D eigenvalue weighted by Crippen LogP contribution is 2.24. The first-order valence-electron chi connectivity index (χ1n) is 7.41. The molecule has 0 aliphatic heterocycles. The molecule has 2 nitrogen and oxygen atoms in total. The Morgan fingerprint density at radius 2 is 1.87 bits per heavy atom. The summed E-state index contributed by atoms with van der Waals surface area (Å²) in [5.41, 5.74) is 1.62. The second kappa shape index (κ2) is 9.91. The van der Waals surface area contributed by atoms with Crippen molar-refractivity contribution in [1.29, 1.82) is 0 Å². The van der Waals surface area contributed by atoms with E-state index in [1.807, 2.05) is 24.3 Å². The number of hydrogen-bond acceptors (Lipinski definition) is 2. The number of ether oxygens (including phenoxy) is 1. The summed E-state index contributed by atoms with van der Waals surface area (Å²) in [6, 6.07) is 12.6. The first-order valence-corrected chi connectivity index (χ1v) is 8.21. The number of rotatable bonds is 7. The highest BCUT2D eigenvalue weighted by molar-refractivity contribution is 9.10. The molecule has 0 bridgehead atoms. The second-order valence-electron chi connectivity index (χ2n) is 5.66. The molecule has 2 aromatic rings. The summed E-state index contributed by atoms with van der Waals surface area (Å²) in [7, 11) is 0. The van der Waals surface area contributed by atoms with Gasteiger partial charge in [-0.2, -0.15) is 0 Å². The molecule has 0 saturated heterocycles. The number of nitrogens with one attached hydrogen (secondary N) is 1. The summed E-state index contributed by atoms with van der Waals surface area (Å²) >= 11 is 3.48. The van der Waals surface area contributed by atoms with E-state index in [2.05, 4.69) is 35.1 Å². The Balaban J connectivity index is 0.00000264. The molecule has 2 rings (SSSR count). The molecule has 0 fully saturated rings.